The lowest BCUT2D eigenvalue weighted by atomic mass is 9.98. The highest BCUT2D eigenvalue weighted by Crippen LogP contribution is 2.38. The SMILES string of the molecule is COc1ccc(Br)cc1-c1c(Cc2ccc(C(F)(F)F)cc2)n[nH]c(=O)c1Br. The molecule has 0 atom stereocenters. The van der Waals surface area contributed by atoms with E-state index in [4.69, 9.17) is 4.74 Å². The quantitative estimate of drug-likeness (QED) is 0.491. The fourth-order valence-electron chi connectivity index (χ4n) is 2.75. The first-order valence-electron chi connectivity index (χ1n) is 7.98. The van der Waals surface area contributed by atoms with Crippen LogP contribution in [0.25, 0.3) is 11.1 Å². The predicted octanol–water partition coefficient (Wildman–Crippen LogP) is 5.58. The Morgan fingerprint density at radius 3 is 2.39 bits per heavy atom. The van der Waals surface area contributed by atoms with Crippen molar-refractivity contribution in [2.75, 3.05) is 7.11 Å². The van der Waals surface area contributed by atoms with E-state index in [1.54, 1.807) is 18.2 Å². The van der Waals surface area contributed by atoms with Gasteiger partial charge >= 0.3 is 6.18 Å². The smallest absolute Gasteiger partial charge is 0.416 e. The Morgan fingerprint density at radius 1 is 1.11 bits per heavy atom. The van der Waals surface area contributed by atoms with Gasteiger partial charge in [0.2, 0.25) is 0 Å². The van der Waals surface area contributed by atoms with E-state index >= 15 is 0 Å². The summed E-state index contributed by atoms with van der Waals surface area (Å²) in [6.07, 6.45) is -4.18. The van der Waals surface area contributed by atoms with Gasteiger partial charge in [0.25, 0.3) is 5.56 Å². The van der Waals surface area contributed by atoms with Crippen LogP contribution >= 0.6 is 31.9 Å². The summed E-state index contributed by atoms with van der Waals surface area (Å²) in [5.74, 6) is 0.532. The number of benzene rings is 2. The second-order valence-corrected chi connectivity index (χ2v) is 7.61. The van der Waals surface area contributed by atoms with Gasteiger partial charge in [-0.2, -0.15) is 18.3 Å². The van der Waals surface area contributed by atoms with Gasteiger partial charge in [0, 0.05) is 22.0 Å². The molecule has 28 heavy (non-hydrogen) atoms. The number of hydrogen-bond donors (Lipinski definition) is 1. The molecule has 1 aromatic heterocycles. The van der Waals surface area contributed by atoms with Crippen molar-refractivity contribution in [2.24, 2.45) is 0 Å². The number of nitrogens with zero attached hydrogens (tertiary/aromatic N) is 1. The molecule has 0 fully saturated rings. The third-order valence-electron chi connectivity index (χ3n) is 4.08. The van der Waals surface area contributed by atoms with E-state index in [9.17, 15) is 18.0 Å². The van der Waals surface area contributed by atoms with Gasteiger partial charge < -0.3 is 4.74 Å². The maximum absolute atomic E-state index is 12.8. The lowest BCUT2D eigenvalue weighted by Gasteiger charge is -2.14. The Hall–Kier alpha value is -2.13. The third kappa shape index (κ3) is 4.30. The summed E-state index contributed by atoms with van der Waals surface area (Å²) in [6.45, 7) is 0. The van der Waals surface area contributed by atoms with Crippen LogP contribution in [-0.4, -0.2) is 17.3 Å². The standard InChI is InChI=1S/C19H13Br2F3N2O2/c1-28-15-7-6-12(20)9-13(15)16-14(25-26-18(27)17(16)21)8-10-2-4-11(5-3-10)19(22,23)24/h2-7,9H,8H2,1H3,(H,26,27). The van der Waals surface area contributed by atoms with Gasteiger partial charge in [-0.25, -0.2) is 5.10 Å². The van der Waals surface area contributed by atoms with Crippen LogP contribution in [0.4, 0.5) is 13.2 Å². The molecule has 146 valence electrons. The summed E-state index contributed by atoms with van der Waals surface area (Å²) in [6, 6.07) is 10.2. The summed E-state index contributed by atoms with van der Waals surface area (Å²) < 4.78 is 44.8. The second-order valence-electron chi connectivity index (χ2n) is 5.90. The molecule has 0 unspecified atom stereocenters. The minimum atomic E-state index is -4.40. The molecule has 9 heteroatoms. The molecule has 0 aliphatic carbocycles. The summed E-state index contributed by atoms with van der Waals surface area (Å²) in [4.78, 5) is 12.1. The Balaban J connectivity index is 2.10. The van der Waals surface area contributed by atoms with Crippen molar-refractivity contribution in [1.29, 1.82) is 0 Å². The minimum Gasteiger partial charge on any atom is -0.496 e. The maximum atomic E-state index is 12.8. The lowest BCUT2D eigenvalue weighted by molar-refractivity contribution is -0.137. The summed E-state index contributed by atoms with van der Waals surface area (Å²) in [5.41, 5.74) is 1.11. The third-order valence-corrected chi connectivity index (χ3v) is 5.33. The van der Waals surface area contributed by atoms with Crippen LogP contribution in [0.15, 0.2) is 56.2 Å². The fourth-order valence-corrected chi connectivity index (χ4v) is 3.64. The van der Waals surface area contributed by atoms with Crippen LogP contribution in [0.5, 0.6) is 5.75 Å². The molecule has 0 aliphatic heterocycles. The second kappa shape index (κ2) is 8.08. The molecular weight excluding hydrogens is 505 g/mol. The molecule has 2 aromatic carbocycles. The van der Waals surface area contributed by atoms with Crippen molar-refractivity contribution in [3.63, 3.8) is 0 Å². The van der Waals surface area contributed by atoms with Gasteiger partial charge in [-0.15, -0.1) is 0 Å². The Labute approximate surface area is 175 Å². The number of nitrogens with one attached hydrogen (secondary N) is 1. The van der Waals surface area contributed by atoms with Crippen LogP contribution in [0, 0.1) is 0 Å². The van der Waals surface area contributed by atoms with Crippen molar-refractivity contribution in [1.82, 2.24) is 10.2 Å². The molecule has 0 spiro atoms. The Kier molecular flexibility index (Phi) is 5.95. The van der Waals surface area contributed by atoms with Crippen molar-refractivity contribution in [3.8, 4) is 16.9 Å². The highest BCUT2D eigenvalue weighted by Gasteiger charge is 2.30. The Morgan fingerprint density at radius 2 is 1.79 bits per heavy atom. The van der Waals surface area contributed by atoms with Crippen LogP contribution in [0.3, 0.4) is 0 Å². The van der Waals surface area contributed by atoms with Crippen LogP contribution < -0.4 is 10.3 Å². The predicted molar refractivity (Wildman–Crippen MR) is 106 cm³/mol. The van der Waals surface area contributed by atoms with Crippen molar-refractivity contribution < 1.29 is 17.9 Å². The van der Waals surface area contributed by atoms with Gasteiger partial charge in [0.1, 0.15) is 5.75 Å². The molecule has 3 rings (SSSR count). The van der Waals surface area contributed by atoms with E-state index in [0.29, 0.717) is 28.1 Å². The largest absolute Gasteiger partial charge is 0.496 e. The zero-order chi connectivity index (χ0) is 20.5. The number of alkyl halides is 3. The van der Waals surface area contributed by atoms with E-state index < -0.39 is 17.3 Å². The highest BCUT2D eigenvalue weighted by atomic mass is 79.9. The molecule has 0 radical (unpaired) electrons. The van der Waals surface area contributed by atoms with E-state index in [1.807, 2.05) is 0 Å². The first kappa shape index (κ1) is 20.6. The average molecular weight is 518 g/mol. The molecule has 0 saturated heterocycles. The normalized spacial score (nSPS) is 11.5. The molecular formula is C19H13Br2F3N2O2. The molecule has 0 saturated carbocycles. The fraction of sp³-hybridized carbons (Fsp3) is 0.158. The number of hydrogen-bond acceptors (Lipinski definition) is 3. The van der Waals surface area contributed by atoms with E-state index in [1.165, 1.54) is 19.2 Å². The number of aromatic nitrogens is 2. The van der Waals surface area contributed by atoms with Gasteiger partial charge in [-0.3, -0.25) is 4.79 Å². The lowest BCUT2D eigenvalue weighted by Crippen LogP contribution is -2.14. The minimum absolute atomic E-state index is 0.221. The highest BCUT2D eigenvalue weighted by molar-refractivity contribution is 9.10. The number of aromatic amines is 1. The summed E-state index contributed by atoms with van der Waals surface area (Å²) >= 11 is 6.70. The van der Waals surface area contributed by atoms with Crippen molar-refractivity contribution in [3.05, 3.63) is 78.6 Å². The molecule has 0 bridgehead atoms. The number of H-pyrrole nitrogens is 1. The van der Waals surface area contributed by atoms with Gasteiger partial charge in [0.05, 0.1) is 22.8 Å². The van der Waals surface area contributed by atoms with Gasteiger partial charge in [-0.05, 0) is 51.8 Å². The number of ether oxygens (including phenoxy) is 1. The topological polar surface area (TPSA) is 55.0 Å². The van der Waals surface area contributed by atoms with Crippen LogP contribution in [0.2, 0.25) is 0 Å². The van der Waals surface area contributed by atoms with Crippen molar-refractivity contribution in [2.45, 2.75) is 12.6 Å². The molecule has 1 N–H and O–H groups in total. The van der Waals surface area contributed by atoms with E-state index in [2.05, 4.69) is 42.1 Å². The molecule has 1 heterocycles. The molecule has 3 aromatic rings. The zero-order valence-electron chi connectivity index (χ0n) is 14.4. The zero-order valence-corrected chi connectivity index (χ0v) is 17.6. The van der Waals surface area contributed by atoms with Gasteiger partial charge in [0.15, 0.2) is 0 Å². The monoisotopic (exact) mass is 516 g/mol. The average Bonchev–Trinajstić information content (AvgIpc) is 2.65. The van der Waals surface area contributed by atoms with Crippen LogP contribution in [0.1, 0.15) is 16.8 Å². The number of halogens is 5. The first-order valence-corrected chi connectivity index (χ1v) is 9.56. The van der Waals surface area contributed by atoms with Crippen molar-refractivity contribution >= 4 is 31.9 Å². The van der Waals surface area contributed by atoms with Gasteiger partial charge in [-0.1, -0.05) is 28.1 Å². The van der Waals surface area contributed by atoms with Crippen LogP contribution in [-0.2, 0) is 12.6 Å². The summed E-state index contributed by atoms with van der Waals surface area (Å²) in [7, 11) is 1.51. The summed E-state index contributed by atoms with van der Waals surface area (Å²) in [5, 5.41) is 6.53. The molecule has 0 aliphatic rings. The first-order chi connectivity index (χ1) is 13.2. The molecule has 0 amide bonds. The van der Waals surface area contributed by atoms with E-state index in [0.717, 1.165) is 16.6 Å². The number of rotatable bonds is 4. The molecule has 4 nitrogen and oxygen atoms in total. The maximum Gasteiger partial charge on any atom is 0.416 e. The number of methoxy groups -OCH3 is 1. The van der Waals surface area contributed by atoms with E-state index in [-0.39, 0.29) is 10.9 Å². The Bertz CT molecular complexity index is 1060.